The highest BCUT2D eigenvalue weighted by atomic mass is 16.5. The smallest absolute Gasteiger partial charge is 0.0635 e. The van der Waals surface area contributed by atoms with Gasteiger partial charge in [-0.05, 0) is 26.6 Å². The van der Waals surface area contributed by atoms with Gasteiger partial charge in [0.2, 0.25) is 0 Å². The van der Waals surface area contributed by atoms with Crippen molar-refractivity contribution in [3.8, 4) is 0 Å². The van der Waals surface area contributed by atoms with Crippen LogP contribution in [0.15, 0.2) is 30.3 Å². The molecular weight excluding hydrogens is 224 g/mol. The van der Waals surface area contributed by atoms with Crippen molar-refractivity contribution >= 4 is 0 Å². The molecule has 0 saturated carbocycles. The number of morpholine rings is 1. The molecule has 1 saturated heterocycles. The zero-order valence-electron chi connectivity index (χ0n) is 11.7. The second-order valence-electron chi connectivity index (χ2n) is 5.46. The molecule has 0 N–H and O–H groups in total. The Morgan fingerprint density at radius 2 is 1.94 bits per heavy atom. The Morgan fingerprint density at radius 3 is 2.61 bits per heavy atom. The normalized spacial score (nSPS) is 25.6. The topological polar surface area (TPSA) is 15.7 Å². The van der Waals surface area contributed by atoms with Gasteiger partial charge in [0, 0.05) is 25.2 Å². The van der Waals surface area contributed by atoms with Crippen LogP contribution in [0.3, 0.4) is 0 Å². The van der Waals surface area contributed by atoms with Crippen LogP contribution >= 0.6 is 0 Å². The number of benzene rings is 1. The predicted molar refractivity (Wildman–Crippen MR) is 74.6 cm³/mol. The molecule has 2 rings (SSSR count). The van der Waals surface area contributed by atoms with Gasteiger partial charge in [-0.1, -0.05) is 30.3 Å². The Kier molecular flexibility index (Phi) is 4.75. The van der Waals surface area contributed by atoms with E-state index in [1.807, 2.05) is 0 Å². The molecule has 2 unspecified atom stereocenters. The molecule has 0 aromatic heterocycles. The van der Waals surface area contributed by atoms with Crippen molar-refractivity contribution in [2.45, 2.75) is 25.6 Å². The van der Waals surface area contributed by atoms with Gasteiger partial charge in [-0.15, -0.1) is 0 Å². The van der Waals surface area contributed by atoms with Crippen LogP contribution in [0.5, 0.6) is 0 Å². The van der Waals surface area contributed by atoms with E-state index in [4.69, 9.17) is 4.74 Å². The molecule has 1 fully saturated rings. The van der Waals surface area contributed by atoms with Crippen LogP contribution in [0.2, 0.25) is 0 Å². The lowest BCUT2D eigenvalue weighted by atomic mass is 10.1. The lowest BCUT2D eigenvalue weighted by Crippen LogP contribution is -2.53. The van der Waals surface area contributed by atoms with Crippen molar-refractivity contribution in [1.82, 2.24) is 9.80 Å². The summed E-state index contributed by atoms with van der Waals surface area (Å²) in [5, 5.41) is 0. The molecular formula is C15H24N2O. The number of nitrogens with zero attached hydrogens (tertiary/aromatic N) is 2. The Hall–Kier alpha value is -0.900. The van der Waals surface area contributed by atoms with Gasteiger partial charge in [-0.25, -0.2) is 0 Å². The lowest BCUT2D eigenvalue weighted by molar-refractivity contribution is -0.0538. The van der Waals surface area contributed by atoms with Gasteiger partial charge in [0.25, 0.3) is 0 Å². The minimum absolute atomic E-state index is 0.490. The zero-order valence-corrected chi connectivity index (χ0v) is 11.7. The summed E-state index contributed by atoms with van der Waals surface area (Å²) >= 11 is 0. The molecule has 3 nitrogen and oxygen atoms in total. The van der Waals surface area contributed by atoms with Gasteiger partial charge in [0.05, 0.1) is 13.2 Å². The van der Waals surface area contributed by atoms with Crippen LogP contribution in [0, 0.1) is 0 Å². The maximum absolute atomic E-state index is 5.69. The van der Waals surface area contributed by atoms with E-state index < -0.39 is 0 Å². The van der Waals surface area contributed by atoms with Crippen LogP contribution in [-0.4, -0.2) is 55.7 Å². The van der Waals surface area contributed by atoms with Gasteiger partial charge in [0.1, 0.15) is 0 Å². The maximum Gasteiger partial charge on any atom is 0.0635 e. The Bertz CT molecular complexity index is 353. The van der Waals surface area contributed by atoms with Crippen LogP contribution in [-0.2, 0) is 11.3 Å². The summed E-state index contributed by atoms with van der Waals surface area (Å²) in [5.74, 6) is 0. The predicted octanol–water partition coefficient (Wildman–Crippen LogP) is 1.84. The number of ether oxygens (including phenoxy) is 1. The van der Waals surface area contributed by atoms with E-state index in [9.17, 15) is 0 Å². The lowest BCUT2D eigenvalue weighted by Gasteiger charge is -2.41. The van der Waals surface area contributed by atoms with Gasteiger partial charge >= 0.3 is 0 Å². The second kappa shape index (κ2) is 6.32. The standard InChI is InChI=1S/C15H24N2O/c1-13-11-18-12-15(10-16(2)3)17(13)9-14-7-5-4-6-8-14/h4-8,13,15H,9-12H2,1-3H3. The second-order valence-corrected chi connectivity index (χ2v) is 5.46. The van der Waals surface area contributed by atoms with Gasteiger partial charge in [0.15, 0.2) is 0 Å². The zero-order chi connectivity index (χ0) is 13.0. The Balaban J connectivity index is 2.05. The van der Waals surface area contributed by atoms with Gasteiger partial charge in [-0.3, -0.25) is 4.90 Å². The molecule has 0 spiro atoms. The van der Waals surface area contributed by atoms with Gasteiger partial charge < -0.3 is 9.64 Å². The Labute approximate surface area is 110 Å². The average Bonchev–Trinajstić information content (AvgIpc) is 2.34. The van der Waals surface area contributed by atoms with E-state index in [2.05, 4.69) is 61.2 Å². The average molecular weight is 248 g/mol. The summed E-state index contributed by atoms with van der Waals surface area (Å²) in [4.78, 5) is 4.81. The van der Waals surface area contributed by atoms with Crippen molar-refractivity contribution < 1.29 is 4.74 Å². The van der Waals surface area contributed by atoms with E-state index in [0.29, 0.717) is 12.1 Å². The van der Waals surface area contributed by atoms with Crippen molar-refractivity contribution in [1.29, 1.82) is 0 Å². The third-order valence-electron chi connectivity index (χ3n) is 3.49. The third-order valence-corrected chi connectivity index (χ3v) is 3.49. The first kappa shape index (κ1) is 13.5. The first-order chi connectivity index (χ1) is 8.66. The molecule has 2 atom stereocenters. The summed E-state index contributed by atoms with van der Waals surface area (Å²) in [6.07, 6.45) is 0. The SMILES string of the molecule is CC1COCC(CN(C)C)N1Cc1ccccc1. The fourth-order valence-corrected chi connectivity index (χ4v) is 2.58. The van der Waals surface area contributed by atoms with Crippen molar-refractivity contribution in [2.75, 3.05) is 33.9 Å². The number of rotatable bonds is 4. The van der Waals surface area contributed by atoms with Crippen LogP contribution < -0.4 is 0 Å². The fraction of sp³-hybridized carbons (Fsp3) is 0.600. The maximum atomic E-state index is 5.69. The van der Waals surface area contributed by atoms with Crippen molar-refractivity contribution in [3.63, 3.8) is 0 Å². The monoisotopic (exact) mass is 248 g/mol. The summed E-state index contributed by atoms with van der Waals surface area (Å²) in [6.45, 7) is 6.01. The highest BCUT2D eigenvalue weighted by Gasteiger charge is 2.28. The molecule has 0 amide bonds. The van der Waals surface area contributed by atoms with E-state index >= 15 is 0 Å². The number of likely N-dealkylation sites (N-methyl/N-ethyl adjacent to an activating group) is 1. The number of hydrogen-bond acceptors (Lipinski definition) is 3. The summed E-state index contributed by atoms with van der Waals surface area (Å²) in [5.41, 5.74) is 1.38. The molecule has 3 heteroatoms. The molecule has 0 aliphatic carbocycles. The molecule has 0 radical (unpaired) electrons. The molecule has 1 aromatic rings. The highest BCUT2D eigenvalue weighted by Crippen LogP contribution is 2.17. The van der Waals surface area contributed by atoms with Gasteiger partial charge in [-0.2, -0.15) is 0 Å². The van der Waals surface area contributed by atoms with Crippen molar-refractivity contribution in [3.05, 3.63) is 35.9 Å². The number of hydrogen-bond donors (Lipinski definition) is 0. The molecule has 18 heavy (non-hydrogen) atoms. The molecule has 1 aliphatic heterocycles. The summed E-state index contributed by atoms with van der Waals surface area (Å²) in [6, 6.07) is 11.7. The van der Waals surface area contributed by atoms with E-state index in [-0.39, 0.29) is 0 Å². The van der Waals surface area contributed by atoms with E-state index in [0.717, 1.165) is 26.3 Å². The minimum atomic E-state index is 0.490. The molecule has 0 bridgehead atoms. The quantitative estimate of drug-likeness (QED) is 0.808. The Morgan fingerprint density at radius 1 is 1.22 bits per heavy atom. The van der Waals surface area contributed by atoms with Crippen LogP contribution in [0.1, 0.15) is 12.5 Å². The third kappa shape index (κ3) is 3.55. The summed E-state index contributed by atoms with van der Waals surface area (Å²) < 4.78 is 5.69. The molecule has 1 heterocycles. The highest BCUT2D eigenvalue weighted by molar-refractivity contribution is 5.15. The van der Waals surface area contributed by atoms with E-state index in [1.165, 1.54) is 5.56 Å². The largest absolute Gasteiger partial charge is 0.378 e. The van der Waals surface area contributed by atoms with Crippen LogP contribution in [0.4, 0.5) is 0 Å². The fourth-order valence-electron chi connectivity index (χ4n) is 2.58. The molecule has 100 valence electrons. The minimum Gasteiger partial charge on any atom is -0.378 e. The first-order valence-corrected chi connectivity index (χ1v) is 6.69. The van der Waals surface area contributed by atoms with Crippen LogP contribution in [0.25, 0.3) is 0 Å². The molecule has 1 aliphatic rings. The molecule has 1 aromatic carbocycles. The summed E-state index contributed by atoms with van der Waals surface area (Å²) in [7, 11) is 4.25. The van der Waals surface area contributed by atoms with Crippen molar-refractivity contribution in [2.24, 2.45) is 0 Å². The van der Waals surface area contributed by atoms with E-state index in [1.54, 1.807) is 0 Å². The first-order valence-electron chi connectivity index (χ1n) is 6.69.